The average molecular weight is 596 g/mol. The highest BCUT2D eigenvalue weighted by atomic mass is 16.5. The third-order valence-electron chi connectivity index (χ3n) is 9.62. The van der Waals surface area contributed by atoms with Crippen molar-refractivity contribution in [1.29, 1.82) is 0 Å². The number of dihydropyridines is 1. The fourth-order valence-corrected chi connectivity index (χ4v) is 7.32. The van der Waals surface area contributed by atoms with Crippen LogP contribution in [0.5, 0.6) is 5.75 Å². The Labute approximate surface area is 267 Å². The minimum atomic E-state index is -0.597. The van der Waals surface area contributed by atoms with Crippen LogP contribution in [0.25, 0.3) is 0 Å². The van der Waals surface area contributed by atoms with Gasteiger partial charge in [0.2, 0.25) is 16.9 Å². The number of hydrogen-bond acceptors (Lipinski definition) is 4. The molecule has 3 heterocycles. The van der Waals surface area contributed by atoms with E-state index in [0.29, 0.717) is 6.04 Å². The van der Waals surface area contributed by atoms with Gasteiger partial charge in [-0.05, 0) is 40.0 Å². The normalized spacial score (nSPS) is 20.5. The predicted molar refractivity (Wildman–Crippen MR) is 184 cm³/mol. The molecule has 5 heteroatoms. The molecule has 4 aromatic carbocycles. The van der Waals surface area contributed by atoms with Crippen molar-refractivity contribution in [3.63, 3.8) is 0 Å². The minimum absolute atomic E-state index is 0.101. The van der Waals surface area contributed by atoms with E-state index in [1.807, 2.05) is 6.21 Å². The highest BCUT2D eigenvalue weighted by Gasteiger charge is 2.56. The van der Waals surface area contributed by atoms with Gasteiger partial charge < -0.3 is 9.64 Å². The molecule has 0 aliphatic carbocycles. The SMILES string of the molecule is CC(C)Oc1ccc2c(c1)C(C1=CC=NC(N3CCN(C)C(C)C3)C1)=[N+]2C(c1ccccc1)(c1ccccc1)c1ccccc1. The number of nitrogens with zero attached hydrogens (tertiary/aromatic N) is 4. The molecule has 2 atom stereocenters. The summed E-state index contributed by atoms with van der Waals surface area (Å²) in [6.45, 7) is 9.60. The summed E-state index contributed by atoms with van der Waals surface area (Å²) in [7, 11) is 2.23. The van der Waals surface area contributed by atoms with Gasteiger partial charge in [-0.25, -0.2) is 0 Å². The first-order valence-electron chi connectivity index (χ1n) is 16.3. The number of aliphatic imine (C=N–C) groups is 1. The van der Waals surface area contributed by atoms with E-state index in [1.165, 1.54) is 39.2 Å². The van der Waals surface area contributed by atoms with Crippen LogP contribution in [0.15, 0.2) is 126 Å². The summed E-state index contributed by atoms with van der Waals surface area (Å²) in [4.78, 5) is 10.0. The lowest BCUT2D eigenvalue weighted by Gasteiger charge is -2.42. The Hall–Kier alpha value is -4.32. The Morgan fingerprint density at radius 2 is 1.42 bits per heavy atom. The third-order valence-corrected chi connectivity index (χ3v) is 9.62. The van der Waals surface area contributed by atoms with Gasteiger partial charge in [-0.2, -0.15) is 4.58 Å². The van der Waals surface area contributed by atoms with Gasteiger partial charge in [0.1, 0.15) is 17.5 Å². The highest BCUT2D eigenvalue weighted by Crippen LogP contribution is 2.50. The van der Waals surface area contributed by atoms with E-state index in [0.717, 1.165) is 31.8 Å². The molecule has 0 aromatic heterocycles. The monoisotopic (exact) mass is 595 g/mol. The maximum Gasteiger partial charge on any atom is 0.245 e. The summed E-state index contributed by atoms with van der Waals surface area (Å²) in [6, 6.07) is 40.1. The van der Waals surface area contributed by atoms with Gasteiger partial charge in [-0.1, -0.05) is 91.0 Å². The second-order valence-corrected chi connectivity index (χ2v) is 12.8. The van der Waals surface area contributed by atoms with Crippen molar-refractivity contribution in [2.75, 3.05) is 26.7 Å². The lowest BCUT2D eigenvalue weighted by molar-refractivity contribution is -0.527. The second kappa shape index (κ2) is 12.2. The van der Waals surface area contributed by atoms with Crippen LogP contribution >= 0.6 is 0 Å². The largest absolute Gasteiger partial charge is 0.491 e. The highest BCUT2D eigenvalue weighted by molar-refractivity contribution is 6.18. The van der Waals surface area contributed by atoms with Crippen LogP contribution < -0.4 is 4.74 Å². The maximum atomic E-state index is 6.24. The van der Waals surface area contributed by atoms with E-state index in [9.17, 15) is 0 Å². The van der Waals surface area contributed by atoms with Gasteiger partial charge in [0.15, 0.2) is 0 Å². The summed E-state index contributed by atoms with van der Waals surface area (Å²) < 4.78 is 8.84. The smallest absolute Gasteiger partial charge is 0.245 e. The molecular formula is C40H43N4O+. The Bertz CT molecular complexity index is 1650. The van der Waals surface area contributed by atoms with Crippen LogP contribution in [0.1, 0.15) is 49.4 Å². The molecule has 1 fully saturated rings. The quantitative estimate of drug-likeness (QED) is 0.159. The Kier molecular flexibility index (Phi) is 7.99. The molecule has 0 amide bonds. The molecule has 1 saturated heterocycles. The molecule has 0 saturated carbocycles. The molecule has 228 valence electrons. The Morgan fingerprint density at radius 3 is 1.98 bits per heavy atom. The zero-order valence-electron chi connectivity index (χ0n) is 26.8. The van der Waals surface area contributed by atoms with Crippen molar-refractivity contribution < 1.29 is 9.31 Å². The van der Waals surface area contributed by atoms with Crippen LogP contribution in [0.2, 0.25) is 0 Å². The van der Waals surface area contributed by atoms with Gasteiger partial charge >= 0.3 is 0 Å². The molecule has 0 N–H and O–H groups in total. The van der Waals surface area contributed by atoms with Gasteiger partial charge in [-0.15, -0.1) is 0 Å². The fourth-order valence-electron chi connectivity index (χ4n) is 7.32. The summed E-state index contributed by atoms with van der Waals surface area (Å²) in [5.74, 6) is 0.903. The molecule has 2 unspecified atom stereocenters. The lowest BCUT2D eigenvalue weighted by atomic mass is 9.73. The molecule has 0 bridgehead atoms. The number of fused-ring (bicyclic) bond motifs is 1. The van der Waals surface area contributed by atoms with Crippen LogP contribution in [0.4, 0.5) is 5.69 Å². The van der Waals surface area contributed by atoms with E-state index in [1.54, 1.807) is 0 Å². The molecule has 0 spiro atoms. The van der Waals surface area contributed by atoms with E-state index in [-0.39, 0.29) is 12.3 Å². The van der Waals surface area contributed by atoms with Crippen LogP contribution in [0, 0.1) is 0 Å². The molecule has 5 nitrogen and oxygen atoms in total. The number of benzene rings is 4. The second-order valence-electron chi connectivity index (χ2n) is 12.8. The maximum absolute atomic E-state index is 6.24. The zero-order chi connectivity index (χ0) is 31.0. The standard InChI is InChI=1S/C40H43N4O/c1-29(2)45-35-20-21-37-36(27-35)39(31-22-23-41-38(26-31)43-25-24-42(4)30(3)28-43)44(37)40(32-14-8-5-9-15-32,33-16-10-6-11-17-33)34-18-12-7-13-19-34/h5-23,27,29-30,38H,24-26,28H2,1-4H3/q+1. The van der Waals surface area contributed by atoms with Crippen molar-refractivity contribution in [3.05, 3.63) is 143 Å². The predicted octanol–water partition coefficient (Wildman–Crippen LogP) is 7.28. The number of hydrogen-bond donors (Lipinski definition) is 0. The van der Waals surface area contributed by atoms with E-state index in [4.69, 9.17) is 9.73 Å². The molecule has 3 aliphatic rings. The number of allylic oxidation sites excluding steroid dienone is 1. The lowest BCUT2D eigenvalue weighted by Crippen LogP contribution is -2.54. The Balaban J connectivity index is 1.46. The van der Waals surface area contributed by atoms with Gasteiger partial charge in [0, 0.05) is 72.7 Å². The van der Waals surface area contributed by atoms with Crippen molar-refractivity contribution in [1.82, 2.24) is 9.80 Å². The molecule has 4 aromatic rings. The summed E-state index contributed by atoms with van der Waals surface area (Å²) in [5, 5.41) is 0. The van der Waals surface area contributed by atoms with E-state index < -0.39 is 5.54 Å². The van der Waals surface area contributed by atoms with Crippen molar-refractivity contribution in [3.8, 4) is 5.75 Å². The van der Waals surface area contributed by atoms with Crippen LogP contribution in [0.3, 0.4) is 0 Å². The average Bonchev–Trinajstić information content (AvgIpc) is 3.06. The number of piperazine rings is 1. The minimum Gasteiger partial charge on any atom is -0.491 e. The molecular weight excluding hydrogens is 552 g/mol. The number of rotatable bonds is 8. The van der Waals surface area contributed by atoms with Crippen LogP contribution in [-0.2, 0) is 5.54 Å². The first-order chi connectivity index (χ1) is 22.0. The van der Waals surface area contributed by atoms with Gasteiger partial charge in [0.05, 0.1) is 6.10 Å². The number of likely N-dealkylation sites (N-methyl/N-ethyl adjacent to an activating group) is 1. The summed E-state index contributed by atoms with van der Waals surface area (Å²) in [5.41, 5.74) is 8.06. The summed E-state index contributed by atoms with van der Waals surface area (Å²) >= 11 is 0. The van der Waals surface area contributed by atoms with E-state index >= 15 is 0 Å². The van der Waals surface area contributed by atoms with Crippen molar-refractivity contribution in [2.45, 2.75) is 51.0 Å². The topological polar surface area (TPSA) is 31.1 Å². The first kappa shape index (κ1) is 29.4. The molecule has 45 heavy (non-hydrogen) atoms. The van der Waals surface area contributed by atoms with Crippen molar-refractivity contribution in [2.24, 2.45) is 4.99 Å². The molecule has 7 rings (SSSR count). The van der Waals surface area contributed by atoms with Crippen LogP contribution in [-0.4, -0.2) is 71.3 Å². The number of ether oxygens (including phenoxy) is 1. The third kappa shape index (κ3) is 5.24. The summed E-state index contributed by atoms with van der Waals surface area (Å²) in [6.07, 6.45) is 5.36. The molecule has 0 radical (unpaired) electrons. The van der Waals surface area contributed by atoms with E-state index in [2.05, 4.69) is 157 Å². The van der Waals surface area contributed by atoms with Gasteiger partial charge in [-0.3, -0.25) is 9.89 Å². The Morgan fingerprint density at radius 1 is 0.822 bits per heavy atom. The first-order valence-corrected chi connectivity index (χ1v) is 16.3. The van der Waals surface area contributed by atoms with Gasteiger partial charge in [0.25, 0.3) is 0 Å². The molecule has 3 aliphatic heterocycles. The fraction of sp³-hybridized carbons (Fsp3) is 0.300. The zero-order valence-corrected chi connectivity index (χ0v) is 26.8. The van der Waals surface area contributed by atoms with Crippen molar-refractivity contribution >= 4 is 17.6 Å².